The van der Waals surface area contributed by atoms with Gasteiger partial charge in [-0.3, -0.25) is 4.90 Å². The Balaban J connectivity index is 2.68. The lowest BCUT2D eigenvalue weighted by atomic mass is 10.1. The minimum atomic E-state index is -0.520. The van der Waals surface area contributed by atoms with E-state index in [0.717, 1.165) is 25.6 Å². The molecule has 1 aromatic rings. The van der Waals surface area contributed by atoms with E-state index in [2.05, 4.69) is 18.7 Å². The van der Waals surface area contributed by atoms with Crippen LogP contribution in [-0.2, 0) is 6.54 Å². The Morgan fingerprint density at radius 1 is 1.17 bits per heavy atom. The highest BCUT2D eigenvalue weighted by Gasteiger charge is 2.09. The second-order valence-electron chi connectivity index (χ2n) is 5.05. The van der Waals surface area contributed by atoms with Crippen molar-refractivity contribution in [3.8, 4) is 0 Å². The zero-order valence-corrected chi connectivity index (χ0v) is 11.1. The van der Waals surface area contributed by atoms with Crippen LogP contribution in [-0.4, -0.2) is 24.5 Å². The van der Waals surface area contributed by atoms with Crippen LogP contribution in [0, 0.1) is 17.6 Å². The maximum atomic E-state index is 13.1. The highest BCUT2D eigenvalue weighted by Crippen LogP contribution is 2.12. The van der Waals surface area contributed by atoms with Crippen molar-refractivity contribution in [2.45, 2.75) is 26.8 Å². The van der Waals surface area contributed by atoms with Crippen LogP contribution in [0.1, 0.15) is 25.8 Å². The Morgan fingerprint density at radius 2 is 1.78 bits per heavy atom. The number of nitrogens with two attached hydrogens (primary N) is 1. The van der Waals surface area contributed by atoms with Crippen LogP contribution in [0.25, 0.3) is 0 Å². The first-order valence-electron chi connectivity index (χ1n) is 6.38. The summed E-state index contributed by atoms with van der Waals surface area (Å²) in [6.45, 7) is 7.20. The van der Waals surface area contributed by atoms with Crippen molar-refractivity contribution in [1.29, 1.82) is 0 Å². The molecule has 1 aromatic carbocycles. The zero-order chi connectivity index (χ0) is 13.5. The zero-order valence-electron chi connectivity index (χ0n) is 11.1. The van der Waals surface area contributed by atoms with Crippen molar-refractivity contribution in [3.05, 3.63) is 35.4 Å². The van der Waals surface area contributed by atoms with E-state index in [0.29, 0.717) is 24.6 Å². The van der Waals surface area contributed by atoms with E-state index in [4.69, 9.17) is 5.73 Å². The van der Waals surface area contributed by atoms with Crippen molar-refractivity contribution in [3.63, 3.8) is 0 Å². The maximum Gasteiger partial charge on any atom is 0.126 e. The van der Waals surface area contributed by atoms with Crippen LogP contribution in [0.4, 0.5) is 8.78 Å². The Hall–Kier alpha value is -1.00. The van der Waals surface area contributed by atoms with Crippen molar-refractivity contribution in [1.82, 2.24) is 4.90 Å². The summed E-state index contributed by atoms with van der Waals surface area (Å²) in [4.78, 5) is 2.19. The summed E-state index contributed by atoms with van der Waals surface area (Å²) in [6, 6.07) is 3.67. The summed E-state index contributed by atoms with van der Waals surface area (Å²) in [5.74, 6) is -0.525. The van der Waals surface area contributed by atoms with Gasteiger partial charge in [-0.25, -0.2) is 8.78 Å². The van der Waals surface area contributed by atoms with E-state index in [1.807, 2.05) is 0 Å². The first-order valence-corrected chi connectivity index (χ1v) is 6.38. The van der Waals surface area contributed by atoms with Crippen LogP contribution in [0.3, 0.4) is 0 Å². The lowest BCUT2D eigenvalue weighted by Gasteiger charge is -2.24. The van der Waals surface area contributed by atoms with Gasteiger partial charge in [0.2, 0.25) is 0 Å². The van der Waals surface area contributed by atoms with Gasteiger partial charge in [0, 0.05) is 19.2 Å². The van der Waals surface area contributed by atoms with E-state index in [1.54, 1.807) is 0 Å². The van der Waals surface area contributed by atoms with Crippen LogP contribution < -0.4 is 5.73 Å². The summed E-state index contributed by atoms with van der Waals surface area (Å²) in [5.41, 5.74) is 6.17. The molecule has 0 heterocycles. The molecule has 102 valence electrons. The summed E-state index contributed by atoms with van der Waals surface area (Å²) in [6.07, 6.45) is 0.893. The van der Waals surface area contributed by atoms with Gasteiger partial charge in [-0.15, -0.1) is 0 Å². The third-order valence-electron chi connectivity index (χ3n) is 2.63. The smallest absolute Gasteiger partial charge is 0.126 e. The van der Waals surface area contributed by atoms with E-state index in [-0.39, 0.29) is 0 Å². The first-order chi connectivity index (χ1) is 8.51. The Bertz CT molecular complexity index is 347. The SMILES string of the molecule is CC(C)CN(CCCN)Cc1cc(F)cc(F)c1. The monoisotopic (exact) mass is 256 g/mol. The number of nitrogens with zero attached hydrogens (tertiary/aromatic N) is 1. The molecule has 4 heteroatoms. The molecule has 0 aliphatic heterocycles. The number of hydrogen-bond acceptors (Lipinski definition) is 2. The van der Waals surface area contributed by atoms with Gasteiger partial charge in [0.15, 0.2) is 0 Å². The fourth-order valence-electron chi connectivity index (χ4n) is 2.03. The molecule has 0 saturated carbocycles. The predicted molar refractivity (Wildman–Crippen MR) is 70.1 cm³/mol. The van der Waals surface area contributed by atoms with Gasteiger partial charge in [0.05, 0.1) is 0 Å². The molecule has 0 atom stereocenters. The molecule has 0 unspecified atom stereocenters. The van der Waals surface area contributed by atoms with Gasteiger partial charge in [-0.1, -0.05) is 13.8 Å². The van der Waals surface area contributed by atoms with Gasteiger partial charge in [0.1, 0.15) is 11.6 Å². The highest BCUT2D eigenvalue weighted by atomic mass is 19.1. The fourth-order valence-corrected chi connectivity index (χ4v) is 2.03. The highest BCUT2D eigenvalue weighted by molar-refractivity contribution is 5.17. The molecular formula is C14H22F2N2. The topological polar surface area (TPSA) is 29.3 Å². The minimum Gasteiger partial charge on any atom is -0.330 e. The van der Waals surface area contributed by atoms with Crippen LogP contribution in [0.5, 0.6) is 0 Å². The Labute approximate surface area is 108 Å². The fraction of sp³-hybridized carbons (Fsp3) is 0.571. The summed E-state index contributed by atoms with van der Waals surface area (Å²) < 4.78 is 26.2. The number of hydrogen-bond donors (Lipinski definition) is 1. The predicted octanol–water partition coefficient (Wildman–Crippen LogP) is 2.77. The normalized spacial score (nSPS) is 11.5. The molecule has 0 amide bonds. The number of rotatable bonds is 7. The molecule has 0 fully saturated rings. The minimum absolute atomic E-state index is 0.515. The molecule has 1 rings (SSSR count). The lowest BCUT2D eigenvalue weighted by Crippen LogP contribution is -2.29. The third kappa shape index (κ3) is 5.56. The molecular weight excluding hydrogens is 234 g/mol. The molecule has 0 aliphatic carbocycles. The van der Waals surface area contributed by atoms with Crippen LogP contribution in [0.2, 0.25) is 0 Å². The van der Waals surface area contributed by atoms with Crippen LogP contribution in [0.15, 0.2) is 18.2 Å². The molecule has 2 N–H and O–H groups in total. The van der Waals surface area contributed by atoms with E-state index in [1.165, 1.54) is 12.1 Å². The van der Waals surface area contributed by atoms with E-state index < -0.39 is 11.6 Å². The molecule has 0 spiro atoms. The molecule has 0 radical (unpaired) electrons. The standard InChI is InChI=1S/C14H22F2N2/c1-11(2)9-18(5-3-4-17)10-12-6-13(15)8-14(16)7-12/h6-8,11H,3-5,9-10,17H2,1-2H3. The van der Waals surface area contributed by atoms with Gasteiger partial charge >= 0.3 is 0 Å². The first kappa shape index (κ1) is 15.1. The molecule has 18 heavy (non-hydrogen) atoms. The summed E-state index contributed by atoms with van der Waals surface area (Å²) >= 11 is 0. The molecule has 2 nitrogen and oxygen atoms in total. The quantitative estimate of drug-likeness (QED) is 0.813. The van der Waals surface area contributed by atoms with Gasteiger partial charge in [0.25, 0.3) is 0 Å². The van der Waals surface area contributed by atoms with Gasteiger partial charge in [-0.2, -0.15) is 0 Å². The van der Waals surface area contributed by atoms with Crippen molar-refractivity contribution in [2.75, 3.05) is 19.6 Å². The van der Waals surface area contributed by atoms with Gasteiger partial charge in [-0.05, 0) is 43.1 Å². The lowest BCUT2D eigenvalue weighted by molar-refractivity contribution is 0.234. The Kier molecular flexibility index (Phi) is 6.22. The average Bonchev–Trinajstić information content (AvgIpc) is 2.23. The van der Waals surface area contributed by atoms with Gasteiger partial charge < -0.3 is 5.73 Å². The van der Waals surface area contributed by atoms with E-state index in [9.17, 15) is 8.78 Å². The molecule has 0 aromatic heterocycles. The van der Waals surface area contributed by atoms with Crippen molar-refractivity contribution < 1.29 is 8.78 Å². The second-order valence-corrected chi connectivity index (χ2v) is 5.05. The number of benzene rings is 1. The molecule has 0 aliphatic rings. The van der Waals surface area contributed by atoms with Crippen molar-refractivity contribution >= 4 is 0 Å². The maximum absolute atomic E-state index is 13.1. The Morgan fingerprint density at radius 3 is 2.28 bits per heavy atom. The summed E-state index contributed by atoms with van der Waals surface area (Å²) in [5, 5.41) is 0. The molecule has 0 bridgehead atoms. The summed E-state index contributed by atoms with van der Waals surface area (Å²) in [7, 11) is 0. The average molecular weight is 256 g/mol. The van der Waals surface area contributed by atoms with Crippen LogP contribution >= 0.6 is 0 Å². The van der Waals surface area contributed by atoms with Crippen molar-refractivity contribution in [2.24, 2.45) is 11.7 Å². The third-order valence-corrected chi connectivity index (χ3v) is 2.63. The van der Waals surface area contributed by atoms with E-state index >= 15 is 0 Å². The largest absolute Gasteiger partial charge is 0.330 e. The number of halogens is 2. The molecule has 0 saturated heterocycles. The second kappa shape index (κ2) is 7.44.